The fourth-order valence-corrected chi connectivity index (χ4v) is 9.35. The zero-order chi connectivity index (χ0) is 44.9. The van der Waals surface area contributed by atoms with Crippen molar-refractivity contribution in [2.24, 2.45) is 17.8 Å². The fourth-order valence-electron chi connectivity index (χ4n) is 9.35. The first-order valence-electron chi connectivity index (χ1n) is 21.1. The molecule has 3 rings (SSSR count). The van der Waals surface area contributed by atoms with Gasteiger partial charge in [0, 0.05) is 38.5 Å². The molecular formula is C43H76N2O14. The van der Waals surface area contributed by atoms with Gasteiger partial charge in [-0.2, -0.15) is 0 Å². The standard InChI is InChI=1S/C43H76N2O14/c1-16-18-19-30(46)57-35-27(7)55-40(33(47)32(35)44(12)13)59-38-24(4)34(58-31-21-42(10,53-15)37(49)28(8)54-31)25(5)39(50)56-29(17-2)43(11,52)36(48)26(6)45(14)22-23(3)20-41(38,9)51/h1,23-29,31-38,40,47-49,51-52H,17-22H2,2-15H3/t23-,24+,25-,26-,27-,28+,29-,31+,32-,33-,34+,35-,36-,37+,38-,40+,41-,42-,43-/m1/s1. The minimum atomic E-state index is -1.85. The Kier molecular flexibility index (Phi) is 18.2. The lowest BCUT2D eigenvalue weighted by molar-refractivity contribution is -0.327. The number of terminal acetylenes is 1. The summed E-state index contributed by atoms with van der Waals surface area (Å²) >= 11 is 0. The Bertz CT molecular complexity index is 1410. The number of carbonyl (C=O) groups excluding carboxylic acids is 2. The number of cyclic esters (lactones) is 1. The van der Waals surface area contributed by atoms with E-state index < -0.39 is 120 Å². The summed E-state index contributed by atoms with van der Waals surface area (Å²) in [5.74, 6) is -1.03. The van der Waals surface area contributed by atoms with E-state index in [0.717, 1.165) is 0 Å². The van der Waals surface area contributed by atoms with Gasteiger partial charge in [0.2, 0.25) is 0 Å². The number of rotatable bonds is 10. The Labute approximate surface area is 352 Å². The maximum atomic E-state index is 14.3. The average Bonchev–Trinajstić information content (AvgIpc) is 3.15. The topological polar surface area (TPSA) is 206 Å². The second-order valence-electron chi connectivity index (χ2n) is 18.4. The van der Waals surface area contributed by atoms with Crippen molar-refractivity contribution in [1.82, 2.24) is 9.80 Å². The zero-order valence-electron chi connectivity index (χ0n) is 37.9. The molecule has 16 nitrogen and oxygen atoms in total. The molecule has 3 heterocycles. The molecule has 3 saturated heterocycles. The first-order chi connectivity index (χ1) is 27.3. The number of methoxy groups -OCH3 is 1. The zero-order valence-corrected chi connectivity index (χ0v) is 37.9. The molecule has 19 atom stereocenters. The number of esters is 2. The highest BCUT2D eigenvalue weighted by molar-refractivity contribution is 5.73. The molecule has 0 unspecified atom stereocenters. The average molecular weight is 845 g/mol. The van der Waals surface area contributed by atoms with E-state index >= 15 is 0 Å². The number of nitrogens with zero attached hydrogens (tertiary/aromatic N) is 2. The van der Waals surface area contributed by atoms with Gasteiger partial charge in [0.15, 0.2) is 12.6 Å². The summed E-state index contributed by atoms with van der Waals surface area (Å²) in [4.78, 5) is 30.7. The van der Waals surface area contributed by atoms with Crippen molar-refractivity contribution in [1.29, 1.82) is 0 Å². The third-order valence-corrected chi connectivity index (χ3v) is 13.0. The molecule has 0 aromatic rings. The Morgan fingerprint density at radius 1 is 0.966 bits per heavy atom. The first kappa shape index (κ1) is 51.4. The summed E-state index contributed by atoms with van der Waals surface area (Å²) in [7, 11) is 6.76. The van der Waals surface area contributed by atoms with E-state index in [1.54, 1.807) is 74.4 Å². The molecule has 0 saturated carbocycles. The van der Waals surface area contributed by atoms with Crippen LogP contribution < -0.4 is 0 Å². The summed E-state index contributed by atoms with van der Waals surface area (Å²) in [5.41, 5.74) is -4.60. The smallest absolute Gasteiger partial charge is 0.311 e. The molecule has 3 aliphatic heterocycles. The first-order valence-corrected chi connectivity index (χ1v) is 21.1. The van der Waals surface area contributed by atoms with Crippen LogP contribution in [-0.4, -0.2) is 178 Å². The van der Waals surface area contributed by atoms with E-state index in [-0.39, 0.29) is 38.0 Å². The quantitative estimate of drug-likeness (QED) is 0.157. The van der Waals surface area contributed by atoms with E-state index in [2.05, 4.69) is 5.92 Å². The largest absolute Gasteiger partial charge is 0.459 e. The minimum absolute atomic E-state index is 0.00596. The molecule has 0 bridgehead atoms. The van der Waals surface area contributed by atoms with Crippen LogP contribution in [0.25, 0.3) is 0 Å². The number of aliphatic hydroxyl groups is 5. The van der Waals surface area contributed by atoms with Crippen LogP contribution in [0.1, 0.15) is 101 Å². The summed E-state index contributed by atoms with van der Waals surface area (Å²) < 4.78 is 43.5. The normalized spacial score (nSPS) is 46.1. The second kappa shape index (κ2) is 20.9. The van der Waals surface area contributed by atoms with Crippen molar-refractivity contribution >= 4 is 11.9 Å². The number of carbonyl (C=O) groups is 2. The van der Waals surface area contributed by atoms with Crippen molar-refractivity contribution in [2.45, 2.75) is 198 Å². The van der Waals surface area contributed by atoms with Crippen LogP contribution in [0.5, 0.6) is 0 Å². The summed E-state index contributed by atoms with van der Waals surface area (Å²) in [6.45, 7) is 17.4. The van der Waals surface area contributed by atoms with Gasteiger partial charge >= 0.3 is 11.9 Å². The molecule has 0 aliphatic carbocycles. The predicted molar refractivity (Wildman–Crippen MR) is 218 cm³/mol. The van der Waals surface area contributed by atoms with Gasteiger partial charge in [-0.25, -0.2) is 0 Å². The van der Waals surface area contributed by atoms with Gasteiger partial charge in [-0.05, 0) is 88.4 Å². The third-order valence-electron chi connectivity index (χ3n) is 13.0. The van der Waals surface area contributed by atoms with E-state index in [9.17, 15) is 35.1 Å². The maximum Gasteiger partial charge on any atom is 0.311 e. The highest BCUT2D eigenvalue weighted by Crippen LogP contribution is 2.40. The van der Waals surface area contributed by atoms with Crippen LogP contribution in [0, 0.1) is 30.1 Å². The number of ether oxygens (including phenoxy) is 7. The van der Waals surface area contributed by atoms with Gasteiger partial charge in [-0.1, -0.05) is 20.8 Å². The molecule has 59 heavy (non-hydrogen) atoms. The number of likely N-dealkylation sites (N-methyl/N-ethyl adjacent to an activating group) is 2. The van der Waals surface area contributed by atoms with Gasteiger partial charge in [0.25, 0.3) is 0 Å². The van der Waals surface area contributed by atoms with E-state index in [1.807, 2.05) is 18.9 Å². The molecule has 0 aromatic heterocycles. The molecular weight excluding hydrogens is 768 g/mol. The van der Waals surface area contributed by atoms with Crippen molar-refractivity contribution in [2.75, 3.05) is 34.8 Å². The van der Waals surface area contributed by atoms with Crippen molar-refractivity contribution in [3.8, 4) is 12.3 Å². The monoisotopic (exact) mass is 845 g/mol. The molecule has 0 spiro atoms. The molecule has 3 aliphatic rings. The highest BCUT2D eigenvalue weighted by atomic mass is 16.7. The molecule has 5 N–H and O–H groups in total. The Hall–Kier alpha value is -1.98. The lowest BCUT2D eigenvalue weighted by atomic mass is 9.77. The lowest BCUT2D eigenvalue weighted by Crippen LogP contribution is -2.65. The minimum Gasteiger partial charge on any atom is -0.459 e. The molecule has 3 fully saturated rings. The van der Waals surface area contributed by atoms with Gasteiger partial charge in [-0.3, -0.25) is 9.59 Å². The van der Waals surface area contributed by atoms with Crippen LogP contribution in [0.2, 0.25) is 0 Å². The Morgan fingerprint density at radius 2 is 1.59 bits per heavy atom. The Balaban J connectivity index is 2.18. The second-order valence-corrected chi connectivity index (χ2v) is 18.4. The van der Waals surface area contributed by atoms with Crippen molar-refractivity contribution in [3.05, 3.63) is 0 Å². The molecule has 0 aromatic carbocycles. The predicted octanol–water partition coefficient (Wildman–Crippen LogP) is 1.84. The highest BCUT2D eigenvalue weighted by Gasteiger charge is 2.54. The number of aliphatic hydroxyl groups excluding tert-OH is 3. The van der Waals surface area contributed by atoms with Crippen LogP contribution in [-0.2, 0) is 42.7 Å². The van der Waals surface area contributed by atoms with Crippen LogP contribution in [0.4, 0.5) is 0 Å². The maximum absolute atomic E-state index is 14.3. The van der Waals surface area contributed by atoms with Crippen LogP contribution in [0.15, 0.2) is 0 Å². The molecule has 16 heteroatoms. The van der Waals surface area contributed by atoms with Crippen molar-refractivity contribution in [3.63, 3.8) is 0 Å². The lowest BCUT2D eigenvalue weighted by Gasteiger charge is -2.50. The SMILES string of the molecule is C#CCCC(=O)O[C@H]1[C@H](N(C)C)[C@@H](O)[C@H](O[C@@H]2[C@@H](C)[C@H](O[C@H]3C[C@@](C)(OC)[C@@H](O)[C@H](C)O3)[C@@H](C)C(=O)O[C@H](CC)[C@@](C)(O)[C@H](O)[C@@H](C)N(C)C[C@H](C)C[C@@]2(C)O)O[C@@H]1C. The van der Waals surface area contributed by atoms with Gasteiger partial charge in [0.1, 0.15) is 36.1 Å². The fraction of sp³-hybridized carbons (Fsp3) is 0.907. The Morgan fingerprint density at radius 3 is 2.15 bits per heavy atom. The van der Waals surface area contributed by atoms with Crippen molar-refractivity contribution < 1.29 is 68.3 Å². The summed E-state index contributed by atoms with van der Waals surface area (Å²) in [6, 6.07) is -1.38. The van der Waals surface area contributed by atoms with Gasteiger partial charge < -0.3 is 68.5 Å². The third kappa shape index (κ3) is 11.9. The van der Waals surface area contributed by atoms with Crippen LogP contribution in [0.3, 0.4) is 0 Å². The van der Waals surface area contributed by atoms with E-state index in [4.69, 9.17) is 39.6 Å². The van der Waals surface area contributed by atoms with E-state index in [0.29, 0.717) is 6.54 Å². The molecule has 0 amide bonds. The molecule has 342 valence electrons. The van der Waals surface area contributed by atoms with Gasteiger partial charge in [0.05, 0.1) is 54.0 Å². The number of hydrogen-bond donors (Lipinski definition) is 5. The molecule has 0 radical (unpaired) electrons. The summed E-state index contributed by atoms with van der Waals surface area (Å²) in [5, 5.41) is 58.9. The number of hydrogen-bond acceptors (Lipinski definition) is 16. The summed E-state index contributed by atoms with van der Waals surface area (Å²) in [6.07, 6.45) is -5.93. The van der Waals surface area contributed by atoms with Crippen LogP contribution >= 0.6 is 0 Å². The van der Waals surface area contributed by atoms with Gasteiger partial charge in [-0.15, -0.1) is 12.3 Å². The van der Waals surface area contributed by atoms with E-state index in [1.165, 1.54) is 14.0 Å².